The van der Waals surface area contributed by atoms with Crippen molar-refractivity contribution in [3.8, 4) is 5.75 Å². The maximum absolute atomic E-state index is 13.1. The molecule has 132 valence electrons. The fraction of sp³-hybridized carbons (Fsp3) is 0.389. The number of hydrogen-bond donors (Lipinski definition) is 0. The number of sulfonamides is 1. The molecule has 3 heterocycles. The third-order valence-corrected chi connectivity index (χ3v) is 7.50. The molecule has 2 fully saturated rings. The molecule has 0 spiro atoms. The summed E-state index contributed by atoms with van der Waals surface area (Å²) in [6, 6.07) is 10.6. The van der Waals surface area contributed by atoms with Gasteiger partial charge in [0.25, 0.3) is 0 Å². The molecule has 2 aromatic rings. The van der Waals surface area contributed by atoms with Crippen LogP contribution in [0.2, 0.25) is 0 Å². The van der Waals surface area contributed by atoms with Gasteiger partial charge < -0.3 is 4.74 Å². The summed E-state index contributed by atoms with van der Waals surface area (Å²) in [6.07, 6.45) is 6.69. The lowest BCUT2D eigenvalue weighted by molar-refractivity contribution is 0.0953. The average molecular weight is 423 g/mol. The predicted octanol–water partition coefficient (Wildman–Crippen LogP) is 3.61. The van der Waals surface area contributed by atoms with Crippen LogP contribution in [0.5, 0.6) is 5.75 Å². The molecule has 5 nitrogen and oxygen atoms in total. The van der Waals surface area contributed by atoms with Gasteiger partial charge in [0.1, 0.15) is 11.9 Å². The van der Waals surface area contributed by atoms with Gasteiger partial charge in [-0.15, -0.1) is 0 Å². The topological polar surface area (TPSA) is 59.5 Å². The zero-order chi connectivity index (χ0) is 17.4. The first-order chi connectivity index (χ1) is 12.0. The van der Waals surface area contributed by atoms with Crippen LogP contribution < -0.4 is 4.74 Å². The number of ether oxygens (including phenoxy) is 1. The van der Waals surface area contributed by atoms with E-state index < -0.39 is 10.0 Å². The lowest BCUT2D eigenvalue weighted by atomic mass is 10.0. The maximum Gasteiger partial charge on any atom is 0.243 e. The monoisotopic (exact) mass is 422 g/mol. The van der Waals surface area contributed by atoms with Crippen LogP contribution in [0.1, 0.15) is 25.7 Å². The van der Waals surface area contributed by atoms with Crippen LogP contribution in [0.4, 0.5) is 0 Å². The summed E-state index contributed by atoms with van der Waals surface area (Å²) in [6.45, 7) is 0. The third kappa shape index (κ3) is 3.32. The van der Waals surface area contributed by atoms with E-state index in [1.807, 2.05) is 12.1 Å². The number of hydrogen-bond acceptors (Lipinski definition) is 4. The van der Waals surface area contributed by atoms with E-state index in [2.05, 4.69) is 20.9 Å². The summed E-state index contributed by atoms with van der Waals surface area (Å²) in [7, 11) is -3.47. The lowest BCUT2D eigenvalue weighted by Crippen LogP contribution is -2.49. The van der Waals surface area contributed by atoms with Gasteiger partial charge in [-0.1, -0.05) is 15.9 Å². The Morgan fingerprint density at radius 3 is 2.36 bits per heavy atom. The summed E-state index contributed by atoms with van der Waals surface area (Å²) in [4.78, 5) is 4.43. The molecule has 2 aliphatic heterocycles. The highest BCUT2D eigenvalue weighted by atomic mass is 79.9. The van der Waals surface area contributed by atoms with Gasteiger partial charge in [0.2, 0.25) is 10.0 Å². The molecule has 0 amide bonds. The molecule has 25 heavy (non-hydrogen) atoms. The van der Waals surface area contributed by atoms with Crippen LogP contribution in [0.25, 0.3) is 0 Å². The number of benzene rings is 1. The van der Waals surface area contributed by atoms with Gasteiger partial charge >= 0.3 is 0 Å². The molecule has 0 saturated carbocycles. The summed E-state index contributed by atoms with van der Waals surface area (Å²) in [5, 5.41) is 0. The first-order valence-electron chi connectivity index (χ1n) is 8.40. The van der Waals surface area contributed by atoms with E-state index in [0.29, 0.717) is 4.90 Å². The smallest absolute Gasteiger partial charge is 0.243 e. The third-order valence-electron chi connectivity index (χ3n) is 4.95. The minimum atomic E-state index is -3.47. The van der Waals surface area contributed by atoms with Crippen molar-refractivity contribution in [2.75, 3.05) is 0 Å². The second-order valence-corrected chi connectivity index (χ2v) is 9.33. The van der Waals surface area contributed by atoms with Crippen LogP contribution >= 0.6 is 15.9 Å². The van der Waals surface area contributed by atoms with Gasteiger partial charge in [0.15, 0.2) is 0 Å². The Morgan fingerprint density at radius 1 is 1.08 bits per heavy atom. The molecule has 2 aliphatic rings. The van der Waals surface area contributed by atoms with E-state index >= 15 is 0 Å². The quantitative estimate of drug-likeness (QED) is 0.754. The maximum atomic E-state index is 13.1. The van der Waals surface area contributed by atoms with E-state index in [9.17, 15) is 8.42 Å². The highest BCUT2D eigenvalue weighted by Crippen LogP contribution is 2.40. The first-order valence-corrected chi connectivity index (χ1v) is 10.6. The van der Waals surface area contributed by atoms with Crippen LogP contribution in [0.3, 0.4) is 0 Å². The molecule has 1 aromatic heterocycles. The van der Waals surface area contributed by atoms with Crippen molar-refractivity contribution in [2.45, 2.75) is 48.8 Å². The molecule has 2 saturated heterocycles. The number of piperidine rings is 1. The molecule has 2 unspecified atom stereocenters. The highest BCUT2D eigenvalue weighted by Gasteiger charge is 2.47. The average Bonchev–Trinajstić information content (AvgIpc) is 2.89. The number of aromatic nitrogens is 1. The van der Waals surface area contributed by atoms with Gasteiger partial charge in [-0.05, 0) is 49.2 Å². The van der Waals surface area contributed by atoms with Crippen molar-refractivity contribution in [2.24, 2.45) is 0 Å². The molecular formula is C18H19BrN2O3S. The Morgan fingerprint density at radius 2 is 1.76 bits per heavy atom. The number of nitrogens with zero attached hydrogens (tertiary/aromatic N) is 2. The van der Waals surface area contributed by atoms with E-state index in [0.717, 1.165) is 35.9 Å². The number of pyridine rings is 1. The molecule has 1 aromatic carbocycles. The number of halogens is 1. The van der Waals surface area contributed by atoms with Crippen LogP contribution in [-0.4, -0.2) is 35.9 Å². The van der Waals surface area contributed by atoms with Crippen molar-refractivity contribution < 1.29 is 13.2 Å². The molecule has 0 N–H and O–H groups in total. The van der Waals surface area contributed by atoms with Crippen LogP contribution in [-0.2, 0) is 10.0 Å². The minimum absolute atomic E-state index is 0.00840. The predicted molar refractivity (Wildman–Crippen MR) is 97.9 cm³/mol. The second kappa shape index (κ2) is 6.70. The number of fused-ring (bicyclic) bond motifs is 2. The van der Waals surface area contributed by atoms with Gasteiger partial charge in [-0.3, -0.25) is 4.98 Å². The van der Waals surface area contributed by atoms with Crippen molar-refractivity contribution in [3.05, 3.63) is 53.3 Å². The summed E-state index contributed by atoms with van der Waals surface area (Å²) < 4.78 is 34.8. The largest absolute Gasteiger partial charge is 0.489 e. The lowest BCUT2D eigenvalue weighted by Gasteiger charge is -2.37. The molecule has 0 aliphatic carbocycles. The van der Waals surface area contributed by atoms with Crippen LogP contribution in [0, 0.1) is 0 Å². The van der Waals surface area contributed by atoms with Crippen molar-refractivity contribution in [1.29, 1.82) is 0 Å². The molecule has 2 bridgehead atoms. The minimum Gasteiger partial charge on any atom is -0.489 e. The zero-order valence-corrected chi connectivity index (χ0v) is 16.0. The van der Waals surface area contributed by atoms with E-state index in [-0.39, 0.29) is 18.2 Å². The summed E-state index contributed by atoms with van der Waals surface area (Å²) in [5.41, 5.74) is 0. The molecule has 0 radical (unpaired) electrons. The Labute approximate surface area is 156 Å². The Kier molecular flexibility index (Phi) is 4.56. The molecule has 4 rings (SSSR count). The summed E-state index contributed by atoms with van der Waals surface area (Å²) >= 11 is 3.35. The van der Waals surface area contributed by atoms with E-state index in [1.54, 1.807) is 41.0 Å². The van der Waals surface area contributed by atoms with Gasteiger partial charge in [-0.25, -0.2) is 8.42 Å². The first kappa shape index (κ1) is 17.0. The van der Waals surface area contributed by atoms with E-state index in [4.69, 9.17) is 4.74 Å². The van der Waals surface area contributed by atoms with E-state index in [1.165, 1.54) is 0 Å². The van der Waals surface area contributed by atoms with Crippen molar-refractivity contribution >= 4 is 26.0 Å². The normalized spacial score (nSPS) is 26.5. The fourth-order valence-corrected chi connectivity index (χ4v) is 6.07. The molecule has 7 heteroatoms. The van der Waals surface area contributed by atoms with Gasteiger partial charge in [0, 0.05) is 35.6 Å². The zero-order valence-electron chi connectivity index (χ0n) is 13.6. The number of rotatable bonds is 4. The van der Waals surface area contributed by atoms with Crippen molar-refractivity contribution in [1.82, 2.24) is 9.29 Å². The van der Waals surface area contributed by atoms with Gasteiger partial charge in [0.05, 0.1) is 11.1 Å². The Hall–Kier alpha value is -1.44. The van der Waals surface area contributed by atoms with Crippen molar-refractivity contribution in [3.63, 3.8) is 0 Å². The molecule has 2 atom stereocenters. The Bertz CT molecular complexity index is 828. The highest BCUT2D eigenvalue weighted by molar-refractivity contribution is 9.10. The Balaban J connectivity index is 1.53. The second-order valence-electron chi connectivity index (χ2n) is 6.57. The van der Waals surface area contributed by atoms with Crippen LogP contribution in [0.15, 0.2) is 58.2 Å². The molecular weight excluding hydrogens is 404 g/mol. The SMILES string of the molecule is O=S(=O)(c1ccc(Br)cc1)N1C2CCC1CC(Oc1cccnc1)C2. The standard InChI is InChI=1S/C18H19BrN2O3S/c19-13-3-7-18(8-4-13)25(22,23)21-14-5-6-15(21)11-17(10-14)24-16-2-1-9-20-12-16/h1-4,7-9,12,14-15,17H,5-6,10-11H2. The fourth-order valence-electron chi connectivity index (χ4n) is 3.91. The summed E-state index contributed by atoms with van der Waals surface area (Å²) in [5.74, 6) is 0.746. The van der Waals surface area contributed by atoms with Gasteiger partial charge in [-0.2, -0.15) is 4.31 Å².